The molecule has 23 heavy (non-hydrogen) atoms. The van der Waals surface area contributed by atoms with Crippen LogP contribution in [0.1, 0.15) is 10.4 Å². The first-order chi connectivity index (χ1) is 11.0. The third-order valence-corrected chi connectivity index (χ3v) is 3.63. The monoisotopic (exact) mass is 432 g/mol. The summed E-state index contributed by atoms with van der Waals surface area (Å²) >= 11 is 2.08. The van der Waals surface area contributed by atoms with Gasteiger partial charge in [0, 0.05) is 21.3 Å². The number of carbonyl (C=O) groups excluding carboxylic acids is 4. The highest BCUT2D eigenvalue weighted by atomic mass is 131. The third kappa shape index (κ3) is 4.88. The maximum atomic E-state index is 11.8. The van der Waals surface area contributed by atoms with Crippen molar-refractivity contribution in [1.82, 2.24) is 10.2 Å². The minimum Gasteiger partial charge on any atom is -0.462 e. The molecule has 2 rings (SSSR count). The first-order valence-corrected chi connectivity index (χ1v) is 7.78. The summed E-state index contributed by atoms with van der Waals surface area (Å²) in [4.78, 5) is 46.9. The molecule has 0 unspecified atom stereocenters. The molecule has 1 aliphatic heterocycles. The SMILES string of the molecule is O=C(CNC(=O)c1cccc([131I])c1)OCCN1C(=O)C=CC1=O. The van der Waals surface area contributed by atoms with E-state index in [9.17, 15) is 19.2 Å². The number of hydrogen-bond acceptors (Lipinski definition) is 5. The standard InChI is InChI=1S/C15H13IN2O5/c16-11-3-1-2-10(8-11)15(22)17-9-14(21)23-7-6-18-12(19)4-5-13(18)20/h1-5,8H,6-7,9H2,(H,17,22)/i16+4. The maximum absolute atomic E-state index is 11.8. The Balaban J connectivity index is 1.70. The van der Waals surface area contributed by atoms with Crippen molar-refractivity contribution < 1.29 is 23.9 Å². The van der Waals surface area contributed by atoms with Gasteiger partial charge in [0.25, 0.3) is 17.7 Å². The molecule has 0 fully saturated rings. The lowest BCUT2D eigenvalue weighted by molar-refractivity contribution is -0.146. The van der Waals surface area contributed by atoms with E-state index in [-0.39, 0.29) is 25.6 Å². The number of carbonyl (C=O) groups is 4. The first-order valence-electron chi connectivity index (χ1n) is 6.70. The molecule has 1 N–H and O–H groups in total. The third-order valence-electron chi connectivity index (χ3n) is 2.96. The van der Waals surface area contributed by atoms with Crippen LogP contribution in [0.3, 0.4) is 0 Å². The molecule has 1 aromatic carbocycles. The Morgan fingerprint density at radius 2 is 1.87 bits per heavy atom. The number of nitrogens with one attached hydrogen (secondary N) is 1. The van der Waals surface area contributed by atoms with Gasteiger partial charge in [-0.3, -0.25) is 24.1 Å². The number of rotatable bonds is 6. The van der Waals surface area contributed by atoms with Crippen molar-refractivity contribution in [3.63, 3.8) is 0 Å². The molecule has 0 aliphatic carbocycles. The molecule has 3 amide bonds. The fourth-order valence-corrected chi connectivity index (χ4v) is 2.38. The van der Waals surface area contributed by atoms with E-state index in [0.29, 0.717) is 5.56 Å². The van der Waals surface area contributed by atoms with E-state index in [1.807, 2.05) is 6.07 Å². The fourth-order valence-electron chi connectivity index (χ4n) is 1.84. The molecular formula is C15H13IN2O5. The van der Waals surface area contributed by atoms with Crippen LogP contribution in [0.4, 0.5) is 0 Å². The molecule has 0 radical (unpaired) electrons. The van der Waals surface area contributed by atoms with Crippen LogP contribution in [-0.4, -0.2) is 48.3 Å². The van der Waals surface area contributed by atoms with Crippen LogP contribution in [0.5, 0.6) is 0 Å². The van der Waals surface area contributed by atoms with Gasteiger partial charge in [0.05, 0.1) is 6.54 Å². The summed E-state index contributed by atoms with van der Waals surface area (Å²) in [5, 5.41) is 2.45. The predicted molar refractivity (Wildman–Crippen MR) is 88.3 cm³/mol. The number of benzene rings is 1. The van der Waals surface area contributed by atoms with Crippen molar-refractivity contribution in [3.8, 4) is 0 Å². The van der Waals surface area contributed by atoms with Gasteiger partial charge in [-0.15, -0.1) is 0 Å². The van der Waals surface area contributed by atoms with Crippen molar-refractivity contribution in [2.45, 2.75) is 0 Å². The van der Waals surface area contributed by atoms with E-state index in [4.69, 9.17) is 4.74 Å². The Morgan fingerprint density at radius 3 is 2.52 bits per heavy atom. The van der Waals surface area contributed by atoms with Gasteiger partial charge in [0.1, 0.15) is 13.2 Å². The van der Waals surface area contributed by atoms with Crippen LogP contribution in [-0.2, 0) is 19.1 Å². The van der Waals surface area contributed by atoms with Crippen LogP contribution in [0.2, 0.25) is 0 Å². The number of ether oxygens (including phenoxy) is 1. The van der Waals surface area contributed by atoms with Gasteiger partial charge < -0.3 is 10.1 Å². The second-order valence-electron chi connectivity index (χ2n) is 4.57. The van der Waals surface area contributed by atoms with Gasteiger partial charge in [-0.2, -0.15) is 0 Å². The summed E-state index contributed by atoms with van der Waals surface area (Å²) in [5.74, 6) is -1.89. The Hall–Kier alpha value is -2.23. The van der Waals surface area contributed by atoms with Crippen molar-refractivity contribution in [3.05, 3.63) is 45.6 Å². The van der Waals surface area contributed by atoms with Crippen molar-refractivity contribution >= 4 is 46.3 Å². The highest BCUT2D eigenvalue weighted by Crippen LogP contribution is 2.07. The summed E-state index contributed by atoms with van der Waals surface area (Å²) in [5.41, 5.74) is 0.448. The molecule has 0 saturated carbocycles. The normalized spacial score (nSPS) is 13.3. The minimum atomic E-state index is -0.643. The van der Waals surface area contributed by atoms with Crippen LogP contribution >= 0.6 is 22.6 Å². The molecule has 1 aromatic rings. The van der Waals surface area contributed by atoms with Crippen LogP contribution in [0, 0.1) is 3.57 Å². The van der Waals surface area contributed by atoms with Gasteiger partial charge in [0.15, 0.2) is 0 Å². The molecule has 8 heteroatoms. The van der Waals surface area contributed by atoms with E-state index >= 15 is 0 Å². The lowest BCUT2D eigenvalue weighted by Crippen LogP contribution is -2.35. The molecule has 1 heterocycles. The van der Waals surface area contributed by atoms with E-state index in [1.165, 1.54) is 0 Å². The smallest absolute Gasteiger partial charge is 0.325 e. The second-order valence-corrected chi connectivity index (χ2v) is 5.82. The van der Waals surface area contributed by atoms with E-state index in [0.717, 1.165) is 20.6 Å². The Bertz CT molecular complexity index is 668. The molecular weight excluding hydrogens is 419 g/mol. The second kappa shape index (κ2) is 7.86. The summed E-state index contributed by atoms with van der Waals surface area (Å²) in [6.45, 7) is -0.414. The van der Waals surface area contributed by atoms with Crippen LogP contribution in [0.25, 0.3) is 0 Å². The highest BCUT2D eigenvalue weighted by molar-refractivity contribution is 14.1. The number of halogens is 1. The zero-order valence-electron chi connectivity index (χ0n) is 12.0. The fraction of sp³-hybridized carbons (Fsp3) is 0.200. The van der Waals surface area contributed by atoms with E-state index < -0.39 is 17.8 Å². The van der Waals surface area contributed by atoms with Crippen molar-refractivity contribution in [2.75, 3.05) is 19.7 Å². The molecule has 0 saturated heterocycles. The van der Waals surface area contributed by atoms with Gasteiger partial charge in [-0.25, -0.2) is 0 Å². The molecule has 0 spiro atoms. The van der Waals surface area contributed by atoms with Gasteiger partial charge in [0.2, 0.25) is 0 Å². The Labute approximate surface area is 145 Å². The molecule has 7 nitrogen and oxygen atoms in total. The molecule has 0 atom stereocenters. The first kappa shape index (κ1) is 17.1. The highest BCUT2D eigenvalue weighted by Gasteiger charge is 2.23. The molecule has 0 bridgehead atoms. The maximum Gasteiger partial charge on any atom is 0.325 e. The van der Waals surface area contributed by atoms with Gasteiger partial charge in [-0.05, 0) is 40.8 Å². The molecule has 1 aliphatic rings. The molecule has 120 valence electrons. The average Bonchev–Trinajstić information content (AvgIpc) is 2.84. The Morgan fingerprint density at radius 1 is 1.17 bits per heavy atom. The topological polar surface area (TPSA) is 92.8 Å². The lowest BCUT2D eigenvalue weighted by atomic mass is 10.2. The largest absolute Gasteiger partial charge is 0.462 e. The number of amides is 3. The van der Waals surface area contributed by atoms with Crippen LogP contribution < -0.4 is 5.32 Å². The summed E-state index contributed by atoms with van der Waals surface area (Å²) in [6, 6.07) is 6.92. The zero-order chi connectivity index (χ0) is 16.8. The summed E-state index contributed by atoms with van der Waals surface area (Å²) < 4.78 is 5.79. The summed E-state index contributed by atoms with van der Waals surface area (Å²) in [6.07, 6.45) is 2.32. The van der Waals surface area contributed by atoms with E-state index in [1.54, 1.807) is 18.2 Å². The number of hydrogen-bond donors (Lipinski definition) is 1. The lowest BCUT2D eigenvalue weighted by Gasteiger charge is -2.13. The summed E-state index contributed by atoms with van der Waals surface area (Å²) in [7, 11) is 0. The van der Waals surface area contributed by atoms with Crippen molar-refractivity contribution in [1.29, 1.82) is 0 Å². The molecule has 0 aromatic heterocycles. The van der Waals surface area contributed by atoms with Crippen molar-refractivity contribution in [2.24, 2.45) is 0 Å². The predicted octanol–water partition coefficient (Wildman–Crippen LogP) is 0.489. The van der Waals surface area contributed by atoms with Gasteiger partial charge >= 0.3 is 5.97 Å². The number of nitrogens with zero attached hydrogens (tertiary/aromatic N) is 1. The Kier molecular flexibility index (Phi) is 5.85. The minimum absolute atomic E-state index is 0.0127. The van der Waals surface area contributed by atoms with Gasteiger partial charge in [-0.1, -0.05) is 6.07 Å². The van der Waals surface area contributed by atoms with E-state index in [2.05, 4.69) is 27.9 Å². The van der Waals surface area contributed by atoms with Crippen LogP contribution in [0.15, 0.2) is 36.4 Å². The zero-order valence-corrected chi connectivity index (χ0v) is 14.1. The average molecular weight is 432 g/mol. The number of esters is 1. The quantitative estimate of drug-likeness (QED) is 0.402. The number of imide groups is 1.